The minimum absolute atomic E-state index is 0.0575. The number of pyridine rings is 1. The molecule has 1 atom stereocenters. The van der Waals surface area contributed by atoms with Crippen molar-refractivity contribution < 1.29 is 14.3 Å². The molecular weight excluding hydrogens is 308 g/mol. The Morgan fingerprint density at radius 3 is 3.00 bits per heavy atom. The van der Waals surface area contributed by atoms with E-state index in [1.165, 1.54) is 0 Å². The number of hydrogen-bond donors (Lipinski definition) is 1. The molecule has 0 radical (unpaired) electrons. The van der Waals surface area contributed by atoms with Crippen LogP contribution in [0.5, 0.6) is 5.88 Å². The molecule has 0 bridgehead atoms. The van der Waals surface area contributed by atoms with Crippen molar-refractivity contribution in [3.05, 3.63) is 30.4 Å². The summed E-state index contributed by atoms with van der Waals surface area (Å²) in [6, 6.07) is 3.59. The summed E-state index contributed by atoms with van der Waals surface area (Å²) in [4.78, 5) is 21.3. The molecule has 1 unspecified atom stereocenters. The third kappa shape index (κ3) is 2.67. The molecule has 2 aromatic rings. The summed E-state index contributed by atoms with van der Waals surface area (Å²) in [5.74, 6) is 1.21. The van der Waals surface area contributed by atoms with Crippen molar-refractivity contribution in [2.75, 3.05) is 25.6 Å². The molecule has 1 N–H and O–H groups in total. The Labute approximate surface area is 139 Å². The fraction of sp³-hybridized carbons (Fsp3) is 0.353. The number of rotatable bonds is 5. The summed E-state index contributed by atoms with van der Waals surface area (Å²) in [7, 11) is 1.57. The molecule has 2 aliphatic rings. The van der Waals surface area contributed by atoms with Gasteiger partial charge in [-0.3, -0.25) is 14.7 Å². The molecule has 1 fully saturated rings. The highest BCUT2D eigenvalue weighted by molar-refractivity contribution is 5.93. The van der Waals surface area contributed by atoms with Crippen molar-refractivity contribution in [2.24, 2.45) is 5.92 Å². The van der Waals surface area contributed by atoms with E-state index < -0.39 is 0 Å². The molecule has 0 aromatic carbocycles. The zero-order chi connectivity index (χ0) is 16.5. The van der Waals surface area contributed by atoms with Crippen LogP contribution in [-0.4, -0.2) is 40.8 Å². The SMILES string of the molecule is COc1ccc2nc(NC(=O)CC3CCOC3)n(C3=CC=C3)c2n1. The second-order valence-corrected chi connectivity index (χ2v) is 5.90. The summed E-state index contributed by atoms with van der Waals surface area (Å²) in [6.07, 6.45) is 7.19. The molecule has 7 nitrogen and oxygen atoms in total. The highest BCUT2D eigenvalue weighted by Gasteiger charge is 2.22. The Hall–Kier alpha value is -2.67. The largest absolute Gasteiger partial charge is 0.481 e. The third-order valence-electron chi connectivity index (χ3n) is 4.23. The molecule has 1 amide bonds. The van der Waals surface area contributed by atoms with Gasteiger partial charge in [0.25, 0.3) is 0 Å². The fourth-order valence-corrected chi connectivity index (χ4v) is 2.90. The van der Waals surface area contributed by atoms with Gasteiger partial charge in [-0.05, 0) is 30.6 Å². The van der Waals surface area contributed by atoms with Crippen molar-refractivity contribution in [1.82, 2.24) is 14.5 Å². The summed E-state index contributed by atoms with van der Waals surface area (Å²) < 4.78 is 12.4. The lowest BCUT2D eigenvalue weighted by molar-refractivity contribution is -0.117. The van der Waals surface area contributed by atoms with Gasteiger partial charge < -0.3 is 9.47 Å². The number of anilines is 1. The molecule has 0 saturated carbocycles. The zero-order valence-corrected chi connectivity index (χ0v) is 13.4. The molecular formula is C17H18N4O3. The number of nitrogens with one attached hydrogen (secondary N) is 1. The van der Waals surface area contributed by atoms with Crippen LogP contribution < -0.4 is 10.1 Å². The van der Waals surface area contributed by atoms with Crippen LogP contribution in [0.25, 0.3) is 16.9 Å². The third-order valence-corrected chi connectivity index (χ3v) is 4.23. The van der Waals surface area contributed by atoms with Gasteiger partial charge in [-0.25, -0.2) is 4.98 Å². The van der Waals surface area contributed by atoms with Crippen molar-refractivity contribution in [1.29, 1.82) is 0 Å². The first-order chi connectivity index (χ1) is 11.7. The minimum atomic E-state index is -0.0575. The number of hydrogen-bond acceptors (Lipinski definition) is 5. The standard InChI is InChI=1S/C17H18N4O3/c1-23-15-6-5-13-16(20-15)21(12-3-2-4-12)17(18-13)19-14(22)9-11-7-8-24-10-11/h2-6,11H,7-10H2,1H3,(H,18,19,22). The number of methoxy groups -OCH3 is 1. The van der Waals surface area contributed by atoms with E-state index in [1.807, 2.05) is 28.9 Å². The van der Waals surface area contributed by atoms with Crippen LogP contribution in [0.2, 0.25) is 0 Å². The Bertz CT molecular complexity index is 847. The summed E-state index contributed by atoms with van der Waals surface area (Å²) in [5.41, 5.74) is 2.29. The van der Waals surface area contributed by atoms with E-state index >= 15 is 0 Å². The normalized spacial score (nSPS) is 19.2. The number of nitrogens with zero attached hydrogens (tertiary/aromatic N) is 3. The summed E-state index contributed by atoms with van der Waals surface area (Å²) >= 11 is 0. The lowest BCUT2D eigenvalue weighted by Gasteiger charge is -2.14. The lowest BCUT2D eigenvalue weighted by Crippen LogP contribution is -2.19. The van der Waals surface area contributed by atoms with E-state index in [0.717, 1.165) is 18.7 Å². The number of aromatic nitrogens is 3. The first-order valence-electron chi connectivity index (χ1n) is 7.94. The number of amides is 1. The maximum absolute atomic E-state index is 12.3. The second-order valence-electron chi connectivity index (χ2n) is 5.90. The number of carbonyl (C=O) groups excluding carboxylic acids is 1. The number of carbonyl (C=O) groups is 1. The van der Waals surface area contributed by atoms with Crippen molar-refractivity contribution >= 4 is 28.7 Å². The van der Waals surface area contributed by atoms with Crippen molar-refractivity contribution in [3.8, 4) is 5.88 Å². The number of imidazole rings is 1. The van der Waals surface area contributed by atoms with E-state index in [1.54, 1.807) is 13.2 Å². The Kier molecular flexibility index (Phi) is 3.78. The minimum Gasteiger partial charge on any atom is -0.481 e. The molecule has 124 valence electrons. The summed E-state index contributed by atoms with van der Waals surface area (Å²) in [5, 5.41) is 2.92. The van der Waals surface area contributed by atoms with Gasteiger partial charge in [0.2, 0.25) is 17.7 Å². The van der Waals surface area contributed by atoms with E-state index in [0.29, 0.717) is 36.0 Å². The van der Waals surface area contributed by atoms with Gasteiger partial charge in [0.1, 0.15) is 5.52 Å². The van der Waals surface area contributed by atoms with Gasteiger partial charge in [-0.1, -0.05) is 6.08 Å². The quantitative estimate of drug-likeness (QED) is 0.911. The summed E-state index contributed by atoms with van der Waals surface area (Å²) in [6.45, 7) is 1.38. The van der Waals surface area contributed by atoms with Crippen LogP contribution in [0.4, 0.5) is 5.95 Å². The van der Waals surface area contributed by atoms with Gasteiger partial charge >= 0.3 is 0 Å². The topological polar surface area (TPSA) is 78.3 Å². The Balaban J connectivity index is 1.65. The van der Waals surface area contributed by atoms with E-state index in [2.05, 4.69) is 15.3 Å². The molecule has 0 spiro atoms. The smallest absolute Gasteiger partial charge is 0.227 e. The van der Waals surface area contributed by atoms with Gasteiger partial charge in [-0.2, -0.15) is 4.98 Å². The molecule has 1 aliphatic heterocycles. The molecule has 1 aliphatic carbocycles. The lowest BCUT2D eigenvalue weighted by atomic mass is 10.1. The zero-order valence-electron chi connectivity index (χ0n) is 13.4. The molecule has 1 saturated heterocycles. The monoisotopic (exact) mass is 326 g/mol. The number of fused-ring (bicyclic) bond motifs is 1. The molecule has 24 heavy (non-hydrogen) atoms. The van der Waals surface area contributed by atoms with Crippen LogP contribution >= 0.6 is 0 Å². The first kappa shape index (κ1) is 14.9. The van der Waals surface area contributed by atoms with Gasteiger partial charge in [-0.15, -0.1) is 0 Å². The van der Waals surface area contributed by atoms with Crippen molar-refractivity contribution in [3.63, 3.8) is 0 Å². The predicted octanol–water partition coefficient (Wildman–Crippen LogP) is 2.22. The van der Waals surface area contributed by atoms with Crippen LogP contribution in [0.15, 0.2) is 30.4 Å². The van der Waals surface area contributed by atoms with Crippen LogP contribution in [-0.2, 0) is 9.53 Å². The predicted molar refractivity (Wildman–Crippen MR) is 89.7 cm³/mol. The van der Waals surface area contributed by atoms with E-state index in [4.69, 9.17) is 9.47 Å². The van der Waals surface area contributed by atoms with Gasteiger partial charge in [0.05, 0.1) is 12.8 Å². The second kappa shape index (κ2) is 6.09. The average molecular weight is 326 g/mol. The molecule has 4 rings (SSSR count). The number of ether oxygens (including phenoxy) is 2. The highest BCUT2D eigenvalue weighted by Crippen LogP contribution is 2.28. The van der Waals surface area contributed by atoms with Crippen LogP contribution in [0.1, 0.15) is 12.8 Å². The van der Waals surface area contributed by atoms with Gasteiger partial charge in [0, 0.05) is 25.7 Å². The fourth-order valence-electron chi connectivity index (χ4n) is 2.90. The molecule has 7 heteroatoms. The van der Waals surface area contributed by atoms with Gasteiger partial charge in [0.15, 0.2) is 5.65 Å². The molecule has 2 aromatic heterocycles. The first-order valence-corrected chi connectivity index (χ1v) is 7.94. The molecule has 3 heterocycles. The Morgan fingerprint density at radius 1 is 1.46 bits per heavy atom. The van der Waals surface area contributed by atoms with Crippen molar-refractivity contribution in [2.45, 2.75) is 12.8 Å². The van der Waals surface area contributed by atoms with Crippen LogP contribution in [0, 0.1) is 5.92 Å². The highest BCUT2D eigenvalue weighted by atomic mass is 16.5. The average Bonchev–Trinajstić information content (AvgIpc) is 3.14. The van der Waals surface area contributed by atoms with E-state index in [-0.39, 0.29) is 11.8 Å². The number of allylic oxidation sites excluding steroid dienone is 4. The maximum Gasteiger partial charge on any atom is 0.227 e. The Morgan fingerprint density at radius 2 is 2.33 bits per heavy atom. The maximum atomic E-state index is 12.3. The van der Waals surface area contributed by atoms with Crippen LogP contribution in [0.3, 0.4) is 0 Å². The van der Waals surface area contributed by atoms with E-state index in [9.17, 15) is 4.79 Å².